The maximum atomic E-state index is 8.87. The van der Waals surface area contributed by atoms with Crippen LogP contribution in [0.1, 0.15) is 38.2 Å². The monoisotopic (exact) mass is 249 g/mol. The number of nitriles is 1. The maximum absolute atomic E-state index is 8.87. The zero-order valence-electron chi connectivity index (χ0n) is 9.91. The van der Waals surface area contributed by atoms with Gasteiger partial charge in [0.2, 0.25) is 0 Å². The molecule has 1 fully saturated rings. The van der Waals surface area contributed by atoms with E-state index in [1.54, 1.807) is 12.1 Å². The Balaban J connectivity index is 2.05. The van der Waals surface area contributed by atoms with Crippen molar-refractivity contribution in [1.29, 1.82) is 5.26 Å². The van der Waals surface area contributed by atoms with Crippen LogP contribution >= 0.6 is 11.6 Å². The first-order chi connectivity index (χ1) is 8.21. The number of pyridine rings is 1. The van der Waals surface area contributed by atoms with E-state index in [1.165, 1.54) is 19.3 Å². The van der Waals surface area contributed by atoms with Gasteiger partial charge < -0.3 is 5.32 Å². The first kappa shape index (κ1) is 12.2. The lowest BCUT2D eigenvalue weighted by Gasteiger charge is -2.17. The minimum absolute atomic E-state index is 0.368. The zero-order chi connectivity index (χ0) is 12.3. The van der Waals surface area contributed by atoms with E-state index in [-0.39, 0.29) is 0 Å². The van der Waals surface area contributed by atoms with Crippen molar-refractivity contribution in [2.75, 3.05) is 5.32 Å². The Morgan fingerprint density at radius 3 is 2.94 bits per heavy atom. The first-order valence-corrected chi connectivity index (χ1v) is 6.43. The van der Waals surface area contributed by atoms with E-state index < -0.39 is 0 Å². The van der Waals surface area contributed by atoms with E-state index >= 15 is 0 Å². The van der Waals surface area contributed by atoms with Gasteiger partial charge in [-0.05, 0) is 30.9 Å². The highest BCUT2D eigenvalue weighted by atomic mass is 35.5. The van der Waals surface area contributed by atoms with Crippen LogP contribution in [-0.2, 0) is 0 Å². The van der Waals surface area contributed by atoms with Gasteiger partial charge in [0, 0.05) is 6.04 Å². The summed E-state index contributed by atoms with van der Waals surface area (Å²) >= 11 is 5.87. The Morgan fingerprint density at radius 1 is 1.59 bits per heavy atom. The highest BCUT2D eigenvalue weighted by molar-refractivity contribution is 6.29. The predicted molar refractivity (Wildman–Crippen MR) is 69.0 cm³/mol. The number of halogens is 1. The van der Waals surface area contributed by atoms with E-state index in [2.05, 4.69) is 23.3 Å². The second-order valence-electron chi connectivity index (χ2n) is 4.60. The van der Waals surface area contributed by atoms with Crippen LogP contribution in [0.25, 0.3) is 0 Å². The van der Waals surface area contributed by atoms with Crippen molar-refractivity contribution in [1.82, 2.24) is 4.98 Å². The molecule has 4 heteroatoms. The van der Waals surface area contributed by atoms with Gasteiger partial charge in [-0.25, -0.2) is 4.98 Å². The Kier molecular flexibility index (Phi) is 3.86. The fraction of sp³-hybridized carbons (Fsp3) is 0.538. The minimum Gasteiger partial charge on any atom is -0.367 e. The summed E-state index contributed by atoms with van der Waals surface area (Å²) in [6.45, 7) is 2.16. The molecule has 0 radical (unpaired) electrons. The number of nitrogens with one attached hydrogen (secondary N) is 1. The van der Waals surface area contributed by atoms with Crippen molar-refractivity contribution in [3.05, 3.63) is 22.8 Å². The fourth-order valence-electron chi connectivity index (χ4n) is 1.93. The Bertz CT molecular complexity index is 435. The molecule has 2 rings (SSSR count). The van der Waals surface area contributed by atoms with E-state index in [0.717, 1.165) is 12.3 Å². The number of rotatable bonds is 5. The van der Waals surface area contributed by atoms with Crippen LogP contribution in [0.4, 0.5) is 5.82 Å². The second-order valence-corrected chi connectivity index (χ2v) is 4.99. The molecule has 1 N–H and O–H groups in total. The molecule has 1 aromatic rings. The summed E-state index contributed by atoms with van der Waals surface area (Å²) < 4.78 is 0. The summed E-state index contributed by atoms with van der Waals surface area (Å²) in [5, 5.41) is 12.6. The van der Waals surface area contributed by atoms with Crippen LogP contribution in [0, 0.1) is 17.2 Å². The van der Waals surface area contributed by atoms with Crippen LogP contribution < -0.4 is 5.32 Å². The van der Waals surface area contributed by atoms with E-state index in [9.17, 15) is 0 Å². The third kappa shape index (κ3) is 3.61. The summed E-state index contributed by atoms with van der Waals surface area (Å²) in [5.74, 6) is 1.59. The van der Waals surface area contributed by atoms with Gasteiger partial charge in [0.05, 0.1) is 11.6 Å². The normalized spacial score (nSPS) is 16.3. The number of hydrogen-bond acceptors (Lipinski definition) is 3. The van der Waals surface area contributed by atoms with Gasteiger partial charge in [0.15, 0.2) is 0 Å². The number of aromatic nitrogens is 1. The largest absolute Gasteiger partial charge is 0.367 e. The van der Waals surface area contributed by atoms with Gasteiger partial charge >= 0.3 is 0 Å². The summed E-state index contributed by atoms with van der Waals surface area (Å²) in [6, 6.07) is 5.85. The third-order valence-electron chi connectivity index (χ3n) is 3.08. The molecule has 0 spiro atoms. The van der Waals surface area contributed by atoms with Crippen molar-refractivity contribution in [3.63, 3.8) is 0 Å². The average Bonchev–Trinajstić information content (AvgIpc) is 3.11. The molecule has 1 aliphatic carbocycles. The van der Waals surface area contributed by atoms with Crippen molar-refractivity contribution in [2.45, 2.75) is 38.6 Å². The SMILES string of the molecule is CCC(CC1CC1)Nc1cc(C#N)cc(Cl)n1. The van der Waals surface area contributed by atoms with Gasteiger partial charge in [-0.1, -0.05) is 31.4 Å². The number of hydrogen-bond donors (Lipinski definition) is 1. The maximum Gasteiger partial charge on any atom is 0.132 e. The molecule has 0 bridgehead atoms. The number of anilines is 1. The van der Waals surface area contributed by atoms with Crippen molar-refractivity contribution < 1.29 is 0 Å². The van der Waals surface area contributed by atoms with E-state index in [4.69, 9.17) is 16.9 Å². The van der Waals surface area contributed by atoms with Gasteiger partial charge in [-0.15, -0.1) is 0 Å². The summed E-state index contributed by atoms with van der Waals surface area (Å²) in [6.07, 6.45) is 4.95. The first-order valence-electron chi connectivity index (χ1n) is 6.05. The summed E-state index contributed by atoms with van der Waals surface area (Å²) in [4.78, 5) is 4.20. The molecule has 1 aliphatic rings. The molecule has 1 saturated carbocycles. The van der Waals surface area contributed by atoms with Gasteiger partial charge in [-0.2, -0.15) is 5.26 Å². The predicted octanol–water partition coefficient (Wildman–Crippen LogP) is 3.60. The molecular formula is C13H16ClN3. The quantitative estimate of drug-likeness (QED) is 0.812. The Labute approximate surface area is 107 Å². The van der Waals surface area contributed by atoms with Crippen molar-refractivity contribution in [3.8, 4) is 6.07 Å². The zero-order valence-corrected chi connectivity index (χ0v) is 10.7. The topological polar surface area (TPSA) is 48.7 Å². The van der Waals surface area contributed by atoms with Crippen LogP contribution in [0.2, 0.25) is 5.15 Å². The highest BCUT2D eigenvalue weighted by Crippen LogP contribution is 2.34. The van der Waals surface area contributed by atoms with E-state index in [1.807, 2.05) is 0 Å². The molecule has 3 nitrogen and oxygen atoms in total. The molecule has 1 heterocycles. The number of nitrogens with zero attached hydrogens (tertiary/aromatic N) is 2. The molecule has 17 heavy (non-hydrogen) atoms. The van der Waals surface area contributed by atoms with Crippen LogP contribution in [0.15, 0.2) is 12.1 Å². The lowest BCUT2D eigenvalue weighted by atomic mass is 10.1. The average molecular weight is 250 g/mol. The van der Waals surface area contributed by atoms with Gasteiger partial charge in [0.25, 0.3) is 0 Å². The molecule has 0 aliphatic heterocycles. The second kappa shape index (κ2) is 5.37. The van der Waals surface area contributed by atoms with Crippen LogP contribution in [0.3, 0.4) is 0 Å². The molecule has 0 saturated heterocycles. The van der Waals surface area contributed by atoms with Gasteiger partial charge in [-0.3, -0.25) is 0 Å². The van der Waals surface area contributed by atoms with E-state index in [0.29, 0.717) is 22.6 Å². The molecule has 1 unspecified atom stereocenters. The highest BCUT2D eigenvalue weighted by Gasteiger charge is 2.24. The Hall–Kier alpha value is -1.27. The molecule has 0 amide bonds. The minimum atomic E-state index is 0.368. The Morgan fingerprint density at radius 2 is 2.35 bits per heavy atom. The lowest BCUT2D eigenvalue weighted by Crippen LogP contribution is -2.19. The van der Waals surface area contributed by atoms with Crippen molar-refractivity contribution >= 4 is 17.4 Å². The molecule has 1 atom stereocenters. The fourth-order valence-corrected chi connectivity index (χ4v) is 2.14. The summed E-state index contributed by atoms with van der Waals surface area (Å²) in [5.41, 5.74) is 0.550. The molecule has 0 aromatic carbocycles. The smallest absolute Gasteiger partial charge is 0.132 e. The molecule has 90 valence electrons. The third-order valence-corrected chi connectivity index (χ3v) is 3.28. The van der Waals surface area contributed by atoms with Crippen LogP contribution in [0.5, 0.6) is 0 Å². The molecule has 1 aromatic heterocycles. The van der Waals surface area contributed by atoms with Gasteiger partial charge in [0.1, 0.15) is 11.0 Å². The molecular weight excluding hydrogens is 234 g/mol. The summed E-state index contributed by atoms with van der Waals surface area (Å²) in [7, 11) is 0. The van der Waals surface area contributed by atoms with Crippen molar-refractivity contribution in [2.24, 2.45) is 5.92 Å². The van der Waals surface area contributed by atoms with Crippen LogP contribution in [-0.4, -0.2) is 11.0 Å². The standard InChI is InChI=1S/C13H16ClN3/c1-2-11(5-9-3-4-9)16-13-7-10(8-15)6-12(14)17-13/h6-7,9,11H,2-5H2,1H3,(H,16,17). The lowest BCUT2D eigenvalue weighted by molar-refractivity contribution is 0.585.